The van der Waals surface area contributed by atoms with E-state index >= 15 is 0 Å². The van der Waals surface area contributed by atoms with Gasteiger partial charge in [0.15, 0.2) is 0 Å². The number of pyridine rings is 1. The van der Waals surface area contributed by atoms with E-state index in [1.165, 1.54) is 6.07 Å². The summed E-state index contributed by atoms with van der Waals surface area (Å²) in [5, 5.41) is 3.00. The maximum Gasteiger partial charge on any atom is 0.433 e. The molecule has 7 heteroatoms. The summed E-state index contributed by atoms with van der Waals surface area (Å²) < 4.78 is 37.8. The molecule has 1 aliphatic rings. The molecule has 2 heterocycles. The molecule has 0 spiro atoms. The molecule has 0 aromatic carbocycles. The van der Waals surface area contributed by atoms with E-state index in [-0.39, 0.29) is 11.9 Å². The number of halogens is 3. The summed E-state index contributed by atoms with van der Waals surface area (Å²) in [5.74, 6) is 0.269. The fourth-order valence-electron chi connectivity index (χ4n) is 2.34. The van der Waals surface area contributed by atoms with Gasteiger partial charge in [-0.15, -0.1) is 0 Å². The van der Waals surface area contributed by atoms with Crippen LogP contribution in [0.1, 0.15) is 12.6 Å². The summed E-state index contributed by atoms with van der Waals surface area (Å²) >= 11 is 0. The molecular weight excluding hydrogens is 281 g/mol. The number of likely N-dealkylation sites (N-methyl/N-ethyl adjacent to an activating group) is 1. The number of piperazine rings is 1. The molecule has 1 fully saturated rings. The SMILES string of the molecule is CC(CNc1cccc(C(F)(F)F)n1)N1CCN(C)CC1. The monoisotopic (exact) mass is 302 g/mol. The van der Waals surface area contributed by atoms with E-state index in [1.54, 1.807) is 6.07 Å². The molecule has 2 rings (SSSR count). The zero-order valence-corrected chi connectivity index (χ0v) is 12.3. The van der Waals surface area contributed by atoms with Crippen molar-refractivity contribution in [1.29, 1.82) is 0 Å². The van der Waals surface area contributed by atoms with Gasteiger partial charge in [0.05, 0.1) is 0 Å². The second-order valence-corrected chi connectivity index (χ2v) is 5.47. The second kappa shape index (κ2) is 6.62. The highest BCUT2D eigenvalue weighted by atomic mass is 19.4. The lowest BCUT2D eigenvalue weighted by atomic mass is 10.2. The van der Waals surface area contributed by atoms with E-state index < -0.39 is 11.9 Å². The Balaban J connectivity index is 1.88. The first-order valence-corrected chi connectivity index (χ1v) is 7.07. The maximum absolute atomic E-state index is 12.6. The van der Waals surface area contributed by atoms with Gasteiger partial charge in [0.1, 0.15) is 11.5 Å². The molecule has 1 atom stereocenters. The van der Waals surface area contributed by atoms with Gasteiger partial charge < -0.3 is 10.2 Å². The van der Waals surface area contributed by atoms with E-state index in [0.717, 1.165) is 32.2 Å². The van der Waals surface area contributed by atoms with Gasteiger partial charge >= 0.3 is 6.18 Å². The minimum Gasteiger partial charge on any atom is -0.368 e. The molecule has 0 aliphatic carbocycles. The number of hydrogen-bond acceptors (Lipinski definition) is 4. The fourth-order valence-corrected chi connectivity index (χ4v) is 2.34. The first-order chi connectivity index (χ1) is 9.86. The second-order valence-electron chi connectivity index (χ2n) is 5.47. The van der Waals surface area contributed by atoms with Crippen LogP contribution >= 0.6 is 0 Å². The lowest BCUT2D eigenvalue weighted by molar-refractivity contribution is -0.141. The van der Waals surface area contributed by atoms with E-state index in [9.17, 15) is 13.2 Å². The van der Waals surface area contributed by atoms with Gasteiger partial charge in [-0.2, -0.15) is 13.2 Å². The predicted octanol–water partition coefficient (Wildman–Crippen LogP) is 2.15. The molecule has 118 valence electrons. The van der Waals surface area contributed by atoms with Crippen molar-refractivity contribution in [3.05, 3.63) is 23.9 Å². The molecule has 1 saturated heterocycles. The van der Waals surface area contributed by atoms with Crippen molar-refractivity contribution < 1.29 is 13.2 Å². The van der Waals surface area contributed by atoms with Gasteiger partial charge in [-0.3, -0.25) is 4.90 Å². The van der Waals surface area contributed by atoms with Crippen LogP contribution < -0.4 is 5.32 Å². The van der Waals surface area contributed by atoms with Crippen LogP contribution in [-0.4, -0.2) is 60.6 Å². The minimum atomic E-state index is -4.40. The van der Waals surface area contributed by atoms with Crippen molar-refractivity contribution in [2.45, 2.75) is 19.1 Å². The smallest absolute Gasteiger partial charge is 0.368 e. The molecule has 21 heavy (non-hydrogen) atoms. The average molecular weight is 302 g/mol. The van der Waals surface area contributed by atoms with Crippen molar-refractivity contribution in [3.63, 3.8) is 0 Å². The lowest BCUT2D eigenvalue weighted by Crippen LogP contribution is -2.49. The highest BCUT2D eigenvalue weighted by molar-refractivity contribution is 5.36. The zero-order valence-electron chi connectivity index (χ0n) is 12.3. The van der Waals surface area contributed by atoms with Crippen molar-refractivity contribution in [3.8, 4) is 0 Å². The molecule has 1 aromatic rings. The van der Waals surface area contributed by atoms with Crippen molar-refractivity contribution >= 4 is 5.82 Å². The average Bonchev–Trinajstić information content (AvgIpc) is 2.45. The number of hydrogen-bond donors (Lipinski definition) is 1. The summed E-state index contributed by atoms with van der Waals surface area (Å²) in [6, 6.07) is 4.18. The maximum atomic E-state index is 12.6. The van der Waals surface area contributed by atoms with Crippen LogP contribution in [0.15, 0.2) is 18.2 Å². The van der Waals surface area contributed by atoms with Crippen LogP contribution in [0.5, 0.6) is 0 Å². The molecule has 0 bridgehead atoms. The Hall–Kier alpha value is -1.34. The van der Waals surface area contributed by atoms with Gasteiger partial charge in [0.2, 0.25) is 0 Å². The highest BCUT2D eigenvalue weighted by Gasteiger charge is 2.32. The summed E-state index contributed by atoms with van der Waals surface area (Å²) in [6.45, 7) is 6.66. The Bertz CT molecular complexity index is 456. The standard InChI is InChI=1S/C14H21F3N4/c1-11(21-8-6-20(2)7-9-21)10-18-13-5-3-4-12(19-13)14(15,16)17/h3-5,11H,6-10H2,1-2H3,(H,18,19). The van der Waals surface area contributed by atoms with Crippen molar-refractivity contribution in [1.82, 2.24) is 14.8 Å². The Morgan fingerprint density at radius 1 is 1.24 bits per heavy atom. The van der Waals surface area contributed by atoms with E-state index in [2.05, 4.69) is 34.1 Å². The van der Waals surface area contributed by atoms with Crippen LogP contribution in [0.3, 0.4) is 0 Å². The number of rotatable bonds is 4. The van der Waals surface area contributed by atoms with Crippen LogP contribution in [0.4, 0.5) is 19.0 Å². The highest BCUT2D eigenvalue weighted by Crippen LogP contribution is 2.28. The molecule has 1 unspecified atom stereocenters. The molecule has 4 nitrogen and oxygen atoms in total. The Labute approximate surface area is 122 Å². The first-order valence-electron chi connectivity index (χ1n) is 7.07. The normalized spacial score (nSPS) is 19.5. The van der Waals surface area contributed by atoms with Gasteiger partial charge in [0.25, 0.3) is 0 Å². The third-order valence-electron chi connectivity index (χ3n) is 3.78. The third-order valence-corrected chi connectivity index (χ3v) is 3.78. The molecule has 1 N–H and O–H groups in total. The topological polar surface area (TPSA) is 31.4 Å². The van der Waals surface area contributed by atoms with Gasteiger partial charge in [-0.1, -0.05) is 6.07 Å². The zero-order chi connectivity index (χ0) is 15.5. The summed E-state index contributed by atoms with van der Waals surface area (Å²) in [6.07, 6.45) is -4.40. The van der Waals surface area contributed by atoms with Crippen molar-refractivity contribution in [2.24, 2.45) is 0 Å². The van der Waals surface area contributed by atoms with E-state index in [4.69, 9.17) is 0 Å². The summed E-state index contributed by atoms with van der Waals surface area (Å²) in [5.41, 5.74) is -0.861. The molecule has 0 amide bonds. The van der Waals surface area contributed by atoms with Crippen LogP contribution in [-0.2, 0) is 6.18 Å². The van der Waals surface area contributed by atoms with Crippen LogP contribution in [0.2, 0.25) is 0 Å². The minimum absolute atomic E-state index is 0.259. The fraction of sp³-hybridized carbons (Fsp3) is 0.643. The molecule has 1 aromatic heterocycles. The number of alkyl halides is 3. The Morgan fingerprint density at radius 3 is 2.52 bits per heavy atom. The predicted molar refractivity (Wildman–Crippen MR) is 76.3 cm³/mol. The number of anilines is 1. The molecular formula is C14H21F3N4. The quantitative estimate of drug-likeness (QED) is 0.923. The summed E-state index contributed by atoms with van der Waals surface area (Å²) in [4.78, 5) is 8.21. The third kappa shape index (κ3) is 4.57. The Morgan fingerprint density at radius 2 is 1.90 bits per heavy atom. The molecule has 0 saturated carbocycles. The lowest BCUT2D eigenvalue weighted by Gasteiger charge is -2.36. The van der Waals surface area contributed by atoms with Crippen molar-refractivity contribution in [2.75, 3.05) is 45.1 Å². The largest absolute Gasteiger partial charge is 0.433 e. The number of aromatic nitrogens is 1. The first kappa shape index (κ1) is 16.0. The summed E-state index contributed by atoms with van der Waals surface area (Å²) in [7, 11) is 2.09. The molecule has 0 radical (unpaired) electrons. The van der Waals surface area contributed by atoms with Crippen LogP contribution in [0.25, 0.3) is 0 Å². The van der Waals surface area contributed by atoms with E-state index in [0.29, 0.717) is 6.54 Å². The number of nitrogens with one attached hydrogen (secondary N) is 1. The van der Waals surface area contributed by atoms with Gasteiger partial charge in [0, 0.05) is 38.8 Å². The van der Waals surface area contributed by atoms with Crippen LogP contribution in [0, 0.1) is 0 Å². The van der Waals surface area contributed by atoms with Gasteiger partial charge in [-0.25, -0.2) is 4.98 Å². The molecule has 1 aliphatic heterocycles. The van der Waals surface area contributed by atoms with Gasteiger partial charge in [-0.05, 0) is 26.1 Å². The Kier molecular flexibility index (Phi) is 5.05. The van der Waals surface area contributed by atoms with E-state index in [1.807, 2.05) is 0 Å². The number of nitrogens with zero attached hydrogens (tertiary/aromatic N) is 3.